The Bertz CT molecular complexity index is 806. The van der Waals surface area contributed by atoms with Crippen LogP contribution in [0.4, 0.5) is 0 Å². The average molecular weight is 555 g/mol. The lowest BCUT2D eigenvalue weighted by Gasteiger charge is -2.40. The summed E-state index contributed by atoms with van der Waals surface area (Å²) in [7, 11) is -0.590. The van der Waals surface area contributed by atoms with Crippen molar-refractivity contribution < 1.29 is 27.9 Å². The summed E-state index contributed by atoms with van der Waals surface area (Å²) in [6, 6.07) is 0. The van der Waals surface area contributed by atoms with Crippen LogP contribution in [0.2, 0.25) is 37.8 Å². The molecule has 0 spiro atoms. The maximum Gasteiger partial charge on any atom is 0.333 e. The molecule has 5 atom stereocenters. The first-order valence-corrected chi connectivity index (χ1v) is 19.9. The highest BCUT2D eigenvalue weighted by Crippen LogP contribution is 2.38. The van der Waals surface area contributed by atoms with Crippen LogP contribution in [0.5, 0.6) is 0 Å². The minimum Gasteiger partial charge on any atom is -0.547 e. The lowest BCUT2D eigenvalue weighted by atomic mass is 9.94. The summed E-state index contributed by atoms with van der Waals surface area (Å²) in [5, 5.41) is 0.0837. The van der Waals surface area contributed by atoms with E-state index >= 15 is 0 Å². The summed E-state index contributed by atoms with van der Waals surface area (Å²) in [5.74, 6) is 0.565. The molecule has 1 rings (SSSR count). The van der Waals surface area contributed by atoms with E-state index in [1.807, 2.05) is 6.08 Å². The predicted octanol–water partition coefficient (Wildman–Crippen LogP) is 7.40. The molecule has 0 unspecified atom stereocenters. The minimum atomic E-state index is -2.02. The van der Waals surface area contributed by atoms with Gasteiger partial charge in [-0.05, 0) is 57.5 Å². The maximum atomic E-state index is 11.9. The van der Waals surface area contributed by atoms with Gasteiger partial charge in [0.2, 0.25) is 8.32 Å². The van der Waals surface area contributed by atoms with Crippen molar-refractivity contribution in [2.75, 3.05) is 14.2 Å². The molecule has 0 bridgehead atoms. The predicted molar refractivity (Wildman–Crippen MR) is 158 cm³/mol. The van der Waals surface area contributed by atoms with E-state index < -0.39 is 16.6 Å². The average Bonchev–Trinajstić information content (AvgIpc) is 2.77. The molecular formula is C29H54O6Si2. The van der Waals surface area contributed by atoms with Gasteiger partial charge < -0.3 is 23.1 Å². The highest BCUT2D eigenvalue weighted by Gasteiger charge is 2.39. The summed E-state index contributed by atoms with van der Waals surface area (Å²) < 4.78 is 30.2. The van der Waals surface area contributed by atoms with Gasteiger partial charge in [0.15, 0.2) is 8.32 Å². The van der Waals surface area contributed by atoms with E-state index in [-0.39, 0.29) is 41.3 Å². The number of hydrogen-bond acceptors (Lipinski definition) is 6. The summed E-state index contributed by atoms with van der Waals surface area (Å²) >= 11 is 0. The Morgan fingerprint density at radius 1 is 1.16 bits per heavy atom. The van der Waals surface area contributed by atoms with E-state index in [0.29, 0.717) is 12.0 Å². The van der Waals surface area contributed by atoms with Gasteiger partial charge in [0, 0.05) is 31.4 Å². The van der Waals surface area contributed by atoms with Crippen molar-refractivity contribution in [2.45, 2.75) is 122 Å². The van der Waals surface area contributed by atoms with Crippen molar-refractivity contribution in [3.05, 3.63) is 36.1 Å². The summed E-state index contributed by atoms with van der Waals surface area (Å²) in [5.41, 5.74) is 0.599. The van der Waals surface area contributed by atoms with Crippen molar-refractivity contribution in [3.8, 4) is 0 Å². The molecule has 37 heavy (non-hydrogen) atoms. The van der Waals surface area contributed by atoms with Gasteiger partial charge in [-0.1, -0.05) is 52.5 Å². The number of methoxy groups -OCH3 is 2. The number of hydrogen-bond donors (Lipinski definition) is 0. The van der Waals surface area contributed by atoms with E-state index in [9.17, 15) is 4.79 Å². The second-order valence-corrected chi connectivity index (χ2v) is 22.0. The highest BCUT2D eigenvalue weighted by atomic mass is 28.4. The third-order valence-corrected chi connectivity index (χ3v) is 12.8. The highest BCUT2D eigenvalue weighted by molar-refractivity contribution is 6.74. The van der Waals surface area contributed by atoms with Gasteiger partial charge in [-0.3, -0.25) is 0 Å². The SMILES string of the molecule is C=C(O[Si](C)(C)C)[C@H](C)[C@H](C[C@@H]1CC=C[C@@H](C[C@H](C/C=C(\C)C(=O)OC)O[Si](C)(C)C(C)(C)C)O1)OC. The molecular weight excluding hydrogens is 500 g/mol. The molecule has 0 amide bonds. The molecule has 0 fully saturated rings. The van der Waals surface area contributed by atoms with E-state index in [2.05, 4.69) is 79.2 Å². The van der Waals surface area contributed by atoms with Crippen molar-refractivity contribution >= 4 is 22.6 Å². The fourth-order valence-electron chi connectivity index (χ4n) is 4.07. The normalized spacial score (nSPS) is 21.8. The number of carbonyl (C=O) groups is 1. The van der Waals surface area contributed by atoms with Gasteiger partial charge in [0.25, 0.3) is 0 Å². The van der Waals surface area contributed by atoms with Crippen LogP contribution in [-0.2, 0) is 27.9 Å². The molecule has 1 aliphatic rings. The van der Waals surface area contributed by atoms with Crippen LogP contribution in [0.15, 0.2) is 36.1 Å². The molecule has 0 radical (unpaired) electrons. The molecule has 0 N–H and O–H groups in total. The molecule has 0 aromatic carbocycles. The van der Waals surface area contributed by atoms with Crippen molar-refractivity contribution in [3.63, 3.8) is 0 Å². The minimum absolute atomic E-state index is 0.0362. The monoisotopic (exact) mass is 554 g/mol. The molecule has 1 heterocycles. The van der Waals surface area contributed by atoms with E-state index in [4.69, 9.17) is 23.1 Å². The Morgan fingerprint density at radius 3 is 2.30 bits per heavy atom. The fourth-order valence-corrected chi connectivity index (χ4v) is 6.42. The Kier molecular flexibility index (Phi) is 13.0. The first kappa shape index (κ1) is 33.8. The van der Waals surface area contributed by atoms with Crippen LogP contribution >= 0.6 is 0 Å². The van der Waals surface area contributed by atoms with Crippen LogP contribution in [0.1, 0.15) is 60.3 Å². The lowest BCUT2D eigenvalue weighted by molar-refractivity contribution is -0.136. The van der Waals surface area contributed by atoms with Gasteiger partial charge in [0.05, 0.1) is 37.3 Å². The Hall–Kier alpha value is -1.20. The number of rotatable bonds is 14. The lowest BCUT2D eigenvalue weighted by Crippen LogP contribution is -2.45. The van der Waals surface area contributed by atoms with Crippen LogP contribution in [-0.4, -0.2) is 61.2 Å². The van der Waals surface area contributed by atoms with Crippen LogP contribution < -0.4 is 0 Å². The Labute approximate surface area is 229 Å². The van der Waals surface area contributed by atoms with Gasteiger partial charge in [-0.15, -0.1) is 0 Å². The molecule has 0 saturated heterocycles. The number of ether oxygens (including phenoxy) is 3. The topological polar surface area (TPSA) is 63.2 Å². The maximum absolute atomic E-state index is 11.9. The van der Waals surface area contributed by atoms with Crippen LogP contribution in [0, 0.1) is 5.92 Å². The smallest absolute Gasteiger partial charge is 0.333 e. The summed E-state index contributed by atoms with van der Waals surface area (Å²) in [4.78, 5) is 11.9. The second-order valence-electron chi connectivity index (χ2n) is 12.8. The van der Waals surface area contributed by atoms with E-state index in [0.717, 1.165) is 25.0 Å². The number of carbonyl (C=O) groups excluding carboxylic acids is 1. The zero-order valence-electron chi connectivity index (χ0n) is 25.6. The third kappa shape index (κ3) is 11.6. The first-order chi connectivity index (χ1) is 16.9. The van der Waals surface area contributed by atoms with Gasteiger partial charge in [-0.25, -0.2) is 4.79 Å². The van der Waals surface area contributed by atoms with Crippen LogP contribution in [0.3, 0.4) is 0 Å². The van der Waals surface area contributed by atoms with E-state index in [1.165, 1.54) is 7.11 Å². The van der Waals surface area contributed by atoms with Gasteiger partial charge in [-0.2, -0.15) is 0 Å². The molecule has 0 aliphatic carbocycles. The largest absolute Gasteiger partial charge is 0.547 e. The molecule has 0 aromatic rings. The molecule has 8 heteroatoms. The standard InChI is InChI=1S/C29H54O6Si2/c1-21(28(30)32-8)17-18-26(35-37(12,13)29(4,5)6)19-24-15-14-16-25(33-24)20-27(31-7)22(2)23(3)34-36(9,10)11/h14-15,17,22,24-27H,3,16,18-20H2,1-2,4-13H3/b21-17+/t22-,24-,25-,26-,27-/m0/s1. The molecule has 1 aliphatic heterocycles. The van der Waals surface area contributed by atoms with Crippen LogP contribution in [0.25, 0.3) is 0 Å². The molecule has 0 saturated carbocycles. The Balaban J connectivity index is 2.95. The van der Waals surface area contributed by atoms with Gasteiger partial charge >= 0.3 is 5.97 Å². The quantitative estimate of drug-likeness (QED) is 0.0733. The second kappa shape index (κ2) is 14.3. The summed E-state index contributed by atoms with van der Waals surface area (Å²) in [6.45, 7) is 25.8. The zero-order valence-corrected chi connectivity index (χ0v) is 27.6. The molecule has 214 valence electrons. The van der Waals surface area contributed by atoms with Crippen molar-refractivity contribution in [2.24, 2.45) is 5.92 Å². The molecule has 6 nitrogen and oxygen atoms in total. The fraction of sp³-hybridized carbons (Fsp3) is 0.759. The van der Waals surface area contributed by atoms with Gasteiger partial charge in [0.1, 0.15) is 0 Å². The van der Waals surface area contributed by atoms with Crippen molar-refractivity contribution in [1.29, 1.82) is 0 Å². The third-order valence-electron chi connectivity index (χ3n) is 7.37. The zero-order chi connectivity index (χ0) is 28.6. The molecule has 0 aromatic heterocycles. The first-order valence-electron chi connectivity index (χ1n) is 13.6. The van der Waals surface area contributed by atoms with Crippen molar-refractivity contribution in [1.82, 2.24) is 0 Å². The van der Waals surface area contributed by atoms with E-state index in [1.54, 1.807) is 14.0 Å². The summed E-state index contributed by atoms with van der Waals surface area (Å²) in [6.07, 6.45) is 9.15. The Morgan fingerprint density at radius 2 is 1.78 bits per heavy atom. The number of esters is 1.